The molecule has 0 spiro atoms. The van der Waals surface area contributed by atoms with E-state index < -0.39 is 18.0 Å². The lowest BCUT2D eigenvalue weighted by molar-refractivity contribution is -0.165. The third kappa shape index (κ3) is 12.5. The number of allylic oxidation sites excluding steroid dienone is 2. The number of Topliss-reactive ketones (excluding diaryl/α,β-unsaturated/α-hetero) is 1. The number of nitrogens with zero attached hydrogens (tertiary/aromatic N) is 1. The van der Waals surface area contributed by atoms with Gasteiger partial charge >= 0.3 is 11.9 Å². The van der Waals surface area contributed by atoms with Gasteiger partial charge in [0.15, 0.2) is 6.10 Å². The number of rotatable bonds is 20. The molecule has 208 valence electrons. The molecular weight excluding hydrogens is 454 g/mol. The molecule has 0 amide bonds. The van der Waals surface area contributed by atoms with Gasteiger partial charge in [0.05, 0.1) is 7.11 Å². The molecule has 0 radical (unpaired) electrons. The van der Waals surface area contributed by atoms with Crippen molar-refractivity contribution in [2.75, 3.05) is 26.7 Å². The van der Waals surface area contributed by atoms with E-state index in [9.17, 15) is 14.4 Å². The molecule has 1 fully saturated rings. The number of hydrogen-bond donors (Lipinski definition) is 0. The molecule has 6 nitrogen and oxygen atoms in total. The van der Waals surface area contributed by atoms with Crippen LogP contribution >= 0.6 is 0 Å². The number of esters is 2. The quantitative estimate of drug-likeness (QED) is 0.106. The smallest absolute Gasteiger partial charge is 0.347 e. The lowest BCUT2D eigenvalue weighted by Crippen LogP contribution is -2.33. The van der Waals surface area contributed by atoms with E-state index in [-0.39, 0.29) is 5.92 Å². The van der Waals surface area contributed by atoms with Gasteiger partial charge in [-0.2, -0.15) is 0 Å². The summed E-state index contributed by atoms with van der Waals surface area (Å²) in [4.78, 5) is 38.8. The van der Waals surface area contributed by atoms with E-state index >= 15 is 0 Å². The third-order valence-electron chi connectivity index (χ3n) is 7.29. The Morgan fingerprint density at radius 2 is 1.69 bits per heavy atom. The minimum absolute atomic E-state index is 0.0943. The van der Waals surface area contributed by atoms with Crippen LogP contribution in [0.25, 0.3) is 0 Å². The molecule has 0 aromatic rings. The summed E-state index contributed by atoms with van der Waals surface area (Å²) in [6.45, 7) is 11.2. The lowest BCUT2D eigenvalue weighted by atomic mass is 9.84. The zero-order chi connectivity index (χ0) is 26.8. The molecule has 1 unspecified atom stereocenters. The zero-order valence-corrected chi connectivity index (χ0v) is 23.8. The van der Waals surface area contributed by atoms with Gasteiger partial charge in [0.1, 0.15) is 5.78 Å². The van der Waals surface area contributed by atoms with Gasteiger partial charge in [-0.15, -0.1) is 0 Å². The molecule has 1 rings (SSSR count). The van der Waals surface area contributed by atoms with E-state index in [2.05, 4.69) is 37.8 Å². The molecule has 4 atom stereocenters. The van der Waals surface area contributed by atoms with Gasteiger partial charge in [-0.3, -0.25) is 9.59 Å². The van der Waals surface area contributed by atoms with Crippen LogP contribution in [0.2, 0.25) is 0 Å². The monoisotopic (exact) mass is 507 g/mol. The second-order valence-corrected chi connectivity index (χ2v) is 10.5. The first-order valence-corrected chi connectivity index (χ1v) is 14.5. The fraction of sp³-hybridized carbons (Fsp3) is 0.833. The van der Waals surface area contributed by atoms with E-state index in [1.807, 2.05) is 0 Å². The predicted octanol–water partition coefficient (Wildman–Crippen LogP) is 6.51. The van der Waals surface area contributed by atoms with Gasteiger partial charge < -0.3 is 14.4 Å². The summed E-state index contributed by atoms with van der Waals surface area (Å²) in [5, 5.41) is 0. The van der Waals surface area contributed by atoms with Crippen LogP contribution in [-0.2, 0) is 23.9 Å². The molecule has 0 heterocycles. The Hall–Kier alpha value is -1.69. The van der Waals surface area contributed by atoms with Crippen molar-refractivity contribution < 1.29 is 23.9 Å². The summed E-state index contributed by atoms with van der Waals surface area (Å²) in [7, 11) is 1.31. The van der Waals surface area contributed by atoms with Crippen LogP contribution < -0.4 is 0 Å². The van der Waals surface area contributed by atoms with Crippen molar-refractivity contribution in [3.05, 3.63) is 12.2 Å². The van der Waals surface area contributed by atoms with Gasteiger partial charge in [0.25, 0.3) is 0 Å². The van der Waals surface area contributed by atoms with Crippen molar-refractivity contribution in [3.8, 4) is 0 Å². The first-order chi connectivity index (χ1) is 17.4. The second kappa shape index (κ2) is 19.4. The fourth-order valence-electron chi connectivity index (χ4n) is 5.55. The van der Waals surface area contributed by atoms with Gasteiger partial charge in [0.2, 0.25) is 0 Å². The average molecular weight is 508 g/mol. The summed E-state index contributed by atoms with van der Waals surface area (Å²) in [5.41, 5.74) is 0. The highest BCUT2D eigenvalue weighted by Crippen LogP contribution is 2.39. The van der Waals surface area contributed by atoms with Gasteiger partial charge in [-0.25, -0.2) is 4.79 Å². The van der Waals surface area contributed by atoms with Gasteiger partial charge in [0, 0.05) is 25.8 Å². The summed E-state index contributed by atoms with van der Waals surface area (Å²) in [6, 6.07) is 0. The molecule has 0 aliphatic heterocycles. The van der Waals surface area contributed by atoms with Crippen molar-refractivity contribution in [1.29, 1.82) is 0 Å². The number of methoxy groups -OCH3 is 1. The van der Waals surface area contributed by atoms with Crippen molar-refractivity contribution >= 4 is 17.7 Å². The summed E-state index contributed by atoms with van der Waals surface area (Å²) in [5.74, 6) is 0.256. The Balaban J connectivity index is 2.71. The summed E-state index contributed by atoms with van der Waals surface area (Å²) < 4.78 is 9.86. The fourth-order valence-corrected chi connectivity index (χ4v) is 5.55. The van der Waals surface area contributed by atoms with Gasteiger partial charge in [-0.1, -0.05) is 65.0 Å². The molecule has 0 bridgehead atoms. The number of carbonyl (C=O) groups excluding carboxylic acids is 3. The van der Waals surface area contributed by atoms with Crippen LogP contribution in [0.3, 0.4) is 0 Å². The highest BCUT2D eigenvalue weighted by Gasteiger charge is 2.40. The number of ether oxygens (including phenoxy) is 2. The minimum Gasteiger partial charge on any atom is -0.466 e. The second-order valence-electron chi connectivity index (χ2n) is 10.5. The van der Waals surface area contributed by atoms with Crippen molar-refractivity contribution in [1.82, 2.24) is 4.90 Å². The Labute approximate surface area is 220 Å². The number of hydrogen-bond acceptors (Lipinski definition) is 6. The Morgan fingerprint density at radius 3 is 2.31 bits per heavy atom. The molecular formula is C30H53NO5. The van der Waals surface area contributed by atoms with Crippen LogP contribution in [0, 0.1) is 17.8 Å². The maximum atomic E-state index is 13.1. The first-order valence-electron chi connectivity index (χ1n) is 14.5. The highest BCUT2D eigenvalue weighted by atomic mass is 16.6. The van der Waals surface area contributed by atoms with E-state index in [4.69, 9.17) is 9.47 Å². The molecule has 1 saturated carbocycles. The number of unbranched alkanes of at least 4 members (excludes halogenated alkanes) is 6. The zero-order valence-electron chi connectivity index (χ0n) is 23.8. The topological polar surface area (TPSA) is 72.9 Å². The molecule has 36 heavy (non-hydrogen) atoms. The number of ketones is 1. The van der Waals surface area contributed by atoms with Crippen molar-refractivity contribution in [3.63, 3.8) is 0 Å². The van der Waals surface area contributed by atoms with Crippen LogP contribution in [0.4, 0.5) is 0 Å². The molecule has 0 aromatic heterocycles. The molecule has 6 heteroatoms. The van der Waals surface area contributed by atoms with E-state index in [1.54, 1.807) is 0 Å². The summed E-state index contributed by atoms with van der Waals surface area (Å²) >= 11 is 0. The predicted molar refractivity (Wildman–Crippen MR) is 146 cm³/mol. The standard InChI is InChI=1S/C30H53NO5/c1-6-9-10-11-12-14-17-26-25(23-31(20-7-2)21-8-3)22-28(33)27(26)18-15-13-16-19-29(30(34)35-5)36-24(4)32/h14,17,25-27,29H,6-13,15-16,18-23H2,1-5H3/t25-,26-,27+,29?/m0/s1. The van der Waals surface area contributed by atoms with Crippen LogP contribution in [0.15, 0.2) is 12.2 Å². The Kier molecular flexibility index (Phi) is 17.4. The Morgan fingerprint density at radius 1 is 1.00 bits per heavy atom. The normalized spacial score (nSPS) is 20.8. The largest absolute Gasteiger partial charge is 0.466 e. The molecule has 0 saturated heterocycles. The van der Waals surface area contributed by atoms with E-state index in [0.717, 1.165) is 64.6 Å². The SMILES string of the molecule is CCCCCCC=C[C@H]1[C@H](CN(CCC)CCC)CC(=O)[C@@H]1CCCCCC(OC(C)=O)C(=O)OC. The summed E-state index contributed by atoms with van der Waals surface area (Å²) in [6.07, 6.45) is 16.9. The molecule has 1 aliphatic carbocycles. The van der Waals surface area contributed by atoms with Crippen LogP contribution in [0.5, 0.6) is 0 Å². The van der Waals surface area contributed by atoms with E-state index in [1.165, 1.54) is 39.7 Å². The maximum absolute atomic E-state index is 13.1. The Bertz CT molecular complexity index is 656. The van der Waals surface area contributed by atoms with Crippen molar-refractivity contribution in [2.24, 2.45) is 17.8 Å². The lowest BCUT2D eigenvalue weighted by Gasteiger charge is -2.28. The van der Waals surface area contributed by atoms with Gasteiger partial charge in [-0.05, 0) is 69.9 Å². The maximum Gasteiger partial charge on any atom is 0.347 e. The molecule has 1 aliphatic rings. The first kappa shape index (κ1) is 32.3. The van der Waals surface area contributed by atoms with Crippen molar-refractivity contribution in [2.45, 2.75) is 117 Å². The minimum atomic E-state index is -0.837. The highest BCUT2D eigenvalue weighted by molar-refractivity contribution is 5.84. The van der Waals surface area contributed by atoms with E-state index in [0.29, 0.717) is 30.5 Å². The molecule has 0 N–H and O–H groups in total. The van der Waals surface area contributed by atoms with Crippen LogP contribution in [-0.4, -0.2) is 55.5 Å². The molecule has 0 aromatic carbocycles. The van der Waals surface area contributed by atoms with Crippen LogP contribution in [0.1, 0.15) is 111 Å². The number of carbonyl (C=O) groups is 3. The third-order valence-corrected chi connectivity index (χ3v) is 7.29. The average Bonchev–Trinajstić information content (AvgIpc) is 3.13.